The van der Waals surface area contributed by atoms with Crippen molar-refractivity contribution in [2.24, 2.45) is 0 Å². The van der Waals surface area contributed by atoms with Crippen molar-refractivity contribution in [3.63, 3.8) is 0 Å². The molecule has 2 aromatic carbocycles. The molecule has 2 amide bonds. The number of thioether (sulfide) groups is 1. The lowest BCUT2D eigenvalue weighted by Gasteiger charge is -2.14. The lowest BCUT2D eigenvalue weighted by molar-refractivity contribution is -0.123. The van der Waals surface area contributed by atoms with Crippen LogP contribution < -0.4 is 4.74 Å². The lowest BCUT2D eigenvalue weighted by Crippen LogP contribution is -2.32. The summed E-state index contributed by atoms with van der Waals surface area (Å²) in [6.45, 7) is 4.36. The summed E-state index contributed by atoms with van der Waals surface area (Å²) >= 11 is 0.896. The first kappa shape index (κ1) is 18.1. The van der Waals surface area contributed by atoms with Gasteiger partial charge in [-0.05, 0) is 66.6 Å². The van der Waals surface area contributed by atoms with Crippen molar-refractivity contribution >= 4 is 29.0 Å². The van der Waals surface area contributed by atoms with E-state index >= 15 is 0 Å². The molecular weight excluding hydrogens is 350 g/mol. The average Bonchev–Trinajstić information content (AvgIpc) is 2.85. The fourth-order valence-corrected chi connectivity index (χ4v) is 3.43. The molecule has 3 rings (SSSR count). The number of nitrogens with zero attached hydrogens (tertiary/aromatic N) is 1. The molecule has 0 spiro atoms. The lowest BCUT2D eigenvalue weighted by atomic mass is 10.1. The third-order valence-electron chi connectivity index (χ3n) is 3.96. The van der Waals surface area contributed by atoms with Crippen LogP contribution in [0.4, 0.5) is 4.79 Å². The van der Waals surface area contributed by atoms with Gasteiger partial charge in [0.1, 0.15) is 18.1 Å². The van der Waals surface area contributed by atoms with Gasteiger partial charge in [-0.15, -0.1) is 0 Å². The van der Waals surface area contributed by atoms with Crippen molar-refractivity contribution in [3.8, 4) is 11.5 Å². The van der Waals surface area contributed by atoms with Crippen LogP contribution in [0.1, 0.15) is 16.7 Å². The maximum Gasteiger partial charge on any atom is 0.293 e. The number of aryl methyl sites for hydroxylation is 2. The Morgan fingerprint density at radius 1 is 1.15 bits per heavy atom. The van der Waals surface area contributed by atoms with Crippen LogP contribution in [0, 0.1) is 13.8 Å². The van der Waals surface area contributed by atoms with Crippen LogP contribution in [0.3, 0.4) is 0 Å². The molecule has 0 bridgehead atoms. The normalized spacial score (nSPS) is 15.8. The number of phenols is 1. The number of carbonyl (C=O) groups is 2. The molecular formula is C20H19NO4S. The van der Waals surface area contributed by atoms with E-state index in [1.54, 1.807) is 24.3 Å². The standard InChI is InChI=1S/C20H19NO4S/c1-13-6-7-14(2)17(10-13)25-9-8-21-19(23)18(26-20(21)24)12-15-4-3-5-16(22)11-15/h3-7,10-12,22H,8-9H2,1-2H3/b18-12-. The van der Waals surface area contributed by atoms with Gasteiger partial charge in [0.2, 0.25) is 0 Å². The third kappa shape index (κ3) is 4.08. The van der Waals surface area contributed by atoms with Crippen LogP contribution in [0.5, 0.6) is 11.5 Å². The highest BCUT2D eigenvalue weighted by Crippen LogP contribution is 2.32. The first-order valence-corrected chi connectivity index (χ1v) is 9.00. The first-order chi connectivity index (χ1) is 12.4. The SMILES string of the molecule is Cc1ccc(C)c(OCCN2C(=O)S/C(=C\c3cccc(O)c3)C2=O)c1. The molecule has 2 aromatic rings. The highest BCUT2D eigenvalue weighted by Gasteiger charge is 2.34. The third-order valence-corrected chi connectivity index (χ3v) is 4.87. The number of hydrogen-bond acceptors (Lipinski definition) is 5. The van der Waals surface area contributed by atoms with Crippen molar-refractivity contribution in [1.29, 1.82) is 0 Å². The summed E-state index contributed by atoms with van der Waals surface area (Å²) in [4.78, 5) is 26.1. The van der Waals surface area contributed by atoms with Crippen molar-refractivity contribution in [2.75, 3.05) is 13.2 Å². The minimum absolute atomic E-state index is 0.111. The number of amides is 2. The van der Waals surface area contributed by atoms with Crippen molar-refractivity contribution in [2.45, 2.75) is 13.8 Å². The van der Waals surface area contributed by atoms with Crippen LogP contribution >= 0.6 is 11.8 Å². The van der Waals surface area contributed by atoms with Crippen molar-refractivity contribution in [1.82, 2.24) is 4.90 Å². The van der Waals surface area contributed by atoms with Crippen LogP contribution in [0.15, 0.2) is 47.4 Å². The second-order valence-corrected chi connectivity index (χ2v) is 7.04. The van der Waals surface area contributed by atoms with Gasteiger partial charge >= 0.3 is 0 Å². The predicted octanol–water partition coefficient (Wildman–Crippen LogP) is 4.12. The Bertz CT molecular complexity index is 891. The van der Waals surface area contributed by atoms with E-state index < -0.39 is 0 Å². The molecule has 1 N–H and O–H groups in total. The van der Waals surface area contributed by atoms with Gasteiger partial charge in [0, 0.05) is 0 Å². The summed E-state index contributed by atoms with van der Waals surface area (Å²) < 4.78 is 5.74. The number of ether oxygens (including phenoxy) is 1. The van der Waals surface area contributed by atoms with Gasteiger partial charge < -0.3 is 9.84 Å². The zero-order valence-corrected chi connectivity index (χ0v) is 15.4. The summed E-state index contributed by atoms with van der Waals surface area (Å²) in [7, 11) is 0. The van der Waals surface area contributed by atoms with E-state index in [0.717, 1.165) is 28.6 Å². The monoisotopic (exact) mass is 369 g/mol. The van der Waals surface area contributed by atoms with Gasteiger partial charge in [-0.1, -0.05) is 24.3 Å². The molecule has 0 radical (unpaired) electrons. The number of benzene rings is 2. The van der Waals surface area contributed by atoms with Gasteiger partial charge in [-0.2, -0.15) is 0 Å². The average molecular weight is 369 g/mol. The zero-order chi connectivity index (χ0) is 18.7. The topological polar surface area (TPSA) is 66.8 Å². The molecule has 26 heavy (non-hydrogen) atoms. The van der Waals surface area contributed by atoms with E-state index in [2.05, 4.69) is 0 Å². The summed E-state index contributed by atoms with van der Waals surface area (Å²) in [5, 5.41) is 9.19. The minimum Gasteiger partial charge on any atom is -0.508 e. The molecule has 0 unspecified atom stereocenters. The van der Waals surface area contributed by atoms with Gasteiger partial charge in [-0.25, -0.2) is 0 Å². The van der Waals surface area contributed by atoms with Crippen LogP contribution in [-0.4, -0.2) is 34.3 Å². The molecule has 1 aliphatic rings. The molecule has 1 saturated heterocycles. The fourth-order valence-electron chi connectivity index (χ4n) is 2.57. The highest BCUT2D eigenvalue weighted by atomic mass is 32.2. The van der Waals surface area contributed by atoms with Crippen molar-refractivity contribution in [3.05, 3.63) is 64.1 Å². The summed E-state index contributed by atoms with van der Waals surface area (Å²) in [5.41, 5.74) is 2.77. The molecule has 134 valence electrons. The second kappa shape index (κ2) is 7.66. The number of aromatic hydroxyl groups is 1. The second-order valence-electron chi connectivity index (χ2n) is 6.05. The number of rotatable bonds is 5. The molecule has 6 heteroatoms. The van der Waals surface area contributed by atoms with Gasteiger partial charge in [0.15, 0.2) is 0 Å². The smallest absolute Gasteiger partial charge is 0.293 e. The van der Waals surface area contributed by atoms with E-state index in [9.17, 15) is 14.7 Å². The van der Waals surface area contributed by atoms with E-state index in [0.29, 0.717) is 10.5 Å². The maximum atomic E-state index is 12.5. The highest BCUT2D eigenvalue weighted by molar-refractivity contribution is 8.18. The number of hydrogen-bond donors (Lipinski definition) is 1. The molecule has 1 fully saturated rings. The quantitative estimate of drug-likeness (QED) is 0.803. The Kier molecular flexibility index (Phi) is 5.32. The Morgan fingerprint density at radius 3 is 2.73 bits per heavy atom. The number of imide groups is 1. The van der Waals surface area contributed by atoms with E-state index in [4.69, 9.17) is 4.74 Å². The largest absolute Gasteiger partial charge is 0.508 e. The van der Waals surface area contributed by atoms with E-state index in [1.165, 1.54) is 11.0 Å². The van der Waals surface area contributed by atoms with Gasteiger partial charge in [0.25, 0.3) is 11.1 Å². The van der Waals surface area contributed by atoms with E-state index in [-0.39, 0.29) is 30.0 Å². The van der Waals surface area contributed by atoms with Gasteiger partial charge in [-0.3, -0.25) is 14.5 Å². The Hall–Kier alpha value is -2.73. The number of carbonyl (C=O) groups excluding carboxylic acids is 2. The predicted molar refractivity (Wildman–Crippen MR) is 102 cm³/mol. The van der Waals surface area contributed by atoms with E-state index in [1.807, 2.05) is 32.0 Å². The van der Waals surface area contributed by atoms with Gasteiger partial charge in [0.05, 0.1) is 11.4 Å². The molecule has 1 aliphatic heterocycles. The molecule has 0 saturated carbocycles. The molecule has 0 aliphatic carbocycles. The Balaban J connectivity index is 1.65. The van der Waals surface area contributed by atoms with Crippen LogP contribution in [0.25, 0.3) is 6.08 Å². The number of phenolic OH excluding ortho intramolecular Hbond substituents is 1. The van der Waals surface area contributed by atoms with Crippen molar-refractivity contribution < 1.29 is 19.4 Å². The molecule has 1 heterocycles. The molecule has 0 aromatic heterocycles. The fraction of sp³-hybridized carbons (Fsp3) is 0.200. The first-order valence-electron chi connectivity index (χ1n) is 8.18. The summed E-state index contributed by atoms with van der Waals surface area (Å²) in [6, 6.07) is 12.4. The Morgan fingerprint density at radius 2 is 1.96 bits per heavy atom. The molecule has 5 nitrogen and oxygen atoms in total. The van der Waals surface area contributed by atoms with Crippen LogP contribution in [0.2, 0.25) is 0 Å². The zero-order valence-electron chi connectivity index (χ0n) is 14.6. The molecule has 0 atom stereocenters. The maximum absolute atomic E-state index is 12.5. The summed E-state index contributed by atoms with van der Waals surface area (Å²) in [6.07, 6.45) is 1.61. The Labute approximate surface area is 156 Å². The summed E-state index contributed by atoms with van der Waals surface area (Å²) in [5.74, 6) is 0.528. The van der Waals surface area contributed by atoms with Crippen LogP contribution in [-0.2, 0) is 4.79 Å². The minimum atomic E-state index is -0.340.